The van der Waals surface area contributed by atoms with E-state index in [1.165, 1.54) is 77.0 Å². The minimum absolute atomic E-state index is 0.139. The molecule has 3 aliphatic rings. The third-order valence-electron chi connectivity index (χ3n) is 8.92. The van der Waals surface area contributed by atoms with Crippen molar-refractivity contribution < 1.29 is 9.53 Å². The van der Waals surface area contributed by atoms with Crippen molar-refractivity contribution in [3.05, 3.63) is 0 Å². The Bertz CT molecular complexity index is 471. The fourth-order valence-electron chi connectivity index (χ4n) is 6.87. The van der Waals surface area contributed by atoms with Gasteiger partial charge >= 0.3 is 5.97 Å². The van der Waals surface area contributed by atoms with Gasteiger partial charge < -0.3 is 4.74 Å². The summed E-state index contributed by atoms with van der Waals surface area (Å²) in [4.78, 5) is 12.8. The molecule has 3 atom stereocenters. The maximum Gasteiger partial charge on any atom is 0.309 e. The van der Waals surface area contributed by atoms with Crippen molar-refractivity contribution in [1.29, 1.82) is 0 Å². The molecule has 2 heteroatoms. The molecule has 0 aromatic rings. The lowest BCUT2D eigenvalue weighted by Crippen LogP contribution is -2.34. The van der Waals surface area contributed by atoms with E-state index in [-0.39, 0.29) is 18.0 Å². The molecule has 3 aliphatic carbocycles. The number of hydrogen-bond acceptors (Lipinski definition) is 2. The van der Waals surface area contributed by atoms with Gasteiger partial charge in [-0.1, -0.05) is 59.3 Å². The van der Waals surface area contributed by atoms with E-state index < -0.39 is 0 Å². The van der Waals surface area contributed by atoms with E-state index in [4.69, 9.17) is 4.74 Å². The fraction of sp³-hybridized carbons (Fsp3) is 0.963. The predicted octanol–water partition coefficient (Wildman–Crippen LogP) is 7.94. The number of esters is 1. The molecule has 0 amide bonds. The van der Waals surface area contributed by atoms with Crippen LogP contribution in [0.1, 0.15) is 124 Å². The van der Waals surface area contributed by atoms with Crippen LogP contribution in [0.5, 0.6) is 0 Å². The zero-order valence-electron chi connectivity index (χ0n) is 19.7. The Kier molecular flexibility index (Phi) is 9.38. The number of hydrogen-bond donors (Lipinski definition) is 0. The molecule has 2 nitrogen and oxygen atoms in total. The van der Waals surface area contributed by atoms with Gasteiger partial charge in [0.05, 0.1) is 5.92 Å². The summed E-state index contributed by atoms with van der Waals surface area (Å²) in [7, 11) is 0. The predicted molar refractivity (Wildman–Crippen MR) is 122 cm³/mol. The third kappa shape index (κ3) is 6.73. The molecule has 3 fully saturated rings. The van der Waals surface area contributed by atoms with Gasteiger partial charge in [0.25, 0.3) is 0 Å². The van der Waals surface area contributed by atoms with Crippen LogP contribution < -0.4 is 0 Å². The third-order valence-corrected chi connectivity index (χ3v) is 8.92. The van der Waals surface area contributed by atoms with Gasteiger partial charge in [0.1, 0.15) is 6.10 Å². The van der Waals surface area contributed by atoms with Crippen LogP contribution >= 0.6 is 0 Å². The Labute approximate surface area is 180 Å². The van der Waals surface area contributed by atoms with Crippen LogP contribution in [0.4, 0.5) is 0 Å². The second kappa shape index (κ2) is 11.8. The Morgan fingerprint density at radius 3 is 2.14 bits per heavy atom. The summed E-state index contributed by atoms with van der Waals surface area (Å²) in [5.74, 6) is 4.85. The summed E-state index contributed by atoms with van der Waals surface area (Å²) < 4.78 is 6.00. The highest BCUT2D eigenvalue weighted by Crippen LogP contribution is 2.45. The molecule has 29 heavy (non-hydrogen) atoms. The molecule has 0 N–H and O–H groups in total. The molecule has 0 aromatic heterocycles. The van der Waals surface area contributed by atoms with Crippen LogP contribution in [0.25, 0.3) is 0 Å². The molecule has 0 bridgehead atoms. The lowest BCUT2D eigenvalue weighted by Gasteiger charge is -2.41. The molecule has 0 saturated heterocycles. The van der Waals surface area contributed by atoms with Crippen LogP contribution in [-0.2, 0) is 9.53 Å². The Hall–Kier alpha value is -0.530. The van der Waals surface area contributed by atoms with Gasteiger partial charge in [-0.25, -0.2) is 0 Å². The van der Waals surface area contributed by atoms with Crippen molar-refractivity contribution in [1.82, 2.24) is 0 Å². The van der Waals surface area contributed by atoms with Gasteiger partial charge in [-0.05, 0) is 93.8 Å². The summed E-state index contributed by atoms with van der Waals surface area (Å²) in [6.07, 6.45) is 20.8. The second-order valence-corrected chi connectivity index (χ2v) is 10.9. The smallest absolute Gasteiger partial charge is 0.309 e. The van der Waals surface area contributed by atoms with Gasteiger partial charge in [0.2, 0.25) is 0 Å². The molecule has 0 aromatic carbocycles. The van der Waals surface area contributed by atoms with Crippen molar-refractivity contribution >= 4 is 5.97 Å². The van der Waals surface area contributed by atoms with Gasteiger partial charge in [0.15, 0.2) is 0 Å². The summed E-state index contributed by atoms with van der Waals surface area (Å²) in [5.41, 5.74) is 0. The average molecular weight is 405 g/mol. The number of ether oxygens (including phenoxy) is 1. The molecule has 0 radical (unpaired) electrons. The van der Waals surface area contributed by atoms with Crippen LogP contribution in [0, 0.1) is 35.5 Å². The maximum absolute atomic E-state index is 12.8. The minimum Gasteiger partial charge on any atom is -0.462 e. The number of unbranched alkanes of at least 4 members (excludes halogenated alkanes) is 2. The number of carbonyl (C=O) groups excluding carboxylic acids is 1. The number of rotatable bonds is 8. The molecule has 0 heterocycles. The van der Waals surface area contributed by atoms with Crippen molar-refractivity contribution in [3.8, 4) is 0 Å². The molecule has 0 spiro atoms. The Morgan fingerprint density at radius 1 is 0.828 bits per heavy atom. The highest BCUT2D eigenvalue weighted by Gasteiger charge is 2.37. The summed E-state index contributed by atoms with van der Waals surface area (Å²) in [5, 5.41) is 0. The van der Waals surface area contributed by atoms with E-state index in [2.05, 4.69) is 20.8 Å². The standard InChI is InChI=1S/C27H48O2/c1-4-6-7-8-22-9-16-25(17-10-22)29-27(28)24-14-12-23(13-15-24)26-18-11-21(5-2)19-20(26)3/h20-26H,4-19H2,1-3H3/t20-,21+,22?,23?,24?,25?,26-/m1/s1. The average Bonchev–Trinajstić information content (AvgIpc) is 2.75. The van der Waals surface area contributed by atoms with Gasteiger partial charge in [0, 0.05) is 0 Å². The van der Waals surface area contributed by atoms with E-state index in [1.54, 1.807) is 0 Å². The van der Waals surface area contributed by atoms with E-state index in [0.717, 1.165) is 55.3 Å². The van der Waals surface area contributed by atoms with Crippen LogP contribution in [0.3, 0.4) is 0 Å². The van der Waals surface area contributed by atoms with E-state index in [1.807, 2.05) is 0 Å². The first-order chi connectivity index (χ1) is 14.1. The van der Waals surface area contributed by atoms with Gasteiger partial charge in [-0.3, -0.25) is 4.79 Å². The maximum atomic E-state index is 12.8. The van der Waals surface area contributed by atoms with Crippen molar-refractivity contribution in [2.24, 2.45) is 35.5 Å². The molecule has 0 aliphatic heterocycles. The Morgan fingerprint density at radius 2 is 1.52 bits per heavy atom. The lowest BCUT2D eigenvalue weighted by molar-refractivity contribution is -0.157. The SMILES string of the molecule is CCCCCC1CCC(OC(=O)C2CCC([C@@H]3CC[C@H](CC)C[C@H]3C)CC2)CC1. The molecular weight excluding hydrogens is 356 g/mol. The van der Waals surface area contributed by atoms with Crippen LogP contribution in [0.2, 0.25) is 0 Å². The van der Waals surface area contributed by atoms with Gasteiger partial charge in [-0.15, -0.1) is 0 Å². The summed E-state index contributed by atoms with van der Waals surface area (Å²) >= 11 is 0. The molecule has 0 unspecified atom stereocenters. The zero-order valence-corrected chi connectivity index (χ0v) is 19.7. The first-order valence-corrected chi connectivity index (χ1v) is 13.3. The highest BCUT2D eigenvalue weighted by atomic mass is 16.5. The first-order valence-electron chi connectivity index (χ1n) is 13.3. The first kappa shape index (κ1) is 23.1. The second-order valence-electron chi connectivity index (χ2n) is 10.9. The van der Waals surface area contributed by atoms with E-state index in [0.29, 0.717) is 0 Å². The van der Waals surface area contributed by atoms with Crippen LogP contribution in [0.15, 0.2) is 0 Å². The minimum atomic E-state index is 0.139. The monoisotopic (exact) mass is 404 g/mol. The lowest BCUT2D eigenvalue weighted by atomic mass is 9.64. The van der Waals surface area contributed by atoms with Crippen molar-refractivity contribution in [3.63, 3.8) is 0 Å². The fourth-order valence-corrected chi connectivity index (χ4v) is 6.87. The van der Waals surface area contributed by atoms with E-state index in [9.17, 15) is 4.79 Å². The summed E-state index contributed by atoms with van der Waals surface area (Å²) in [6, 6.07) is 0. The molecule has 3 saturated carbocycles. The Balaban J connectivity index is 1.34. The molecular formula is C27H48O2. The largest absolute Gasteiger partial charge is 0.462 e. The molecule has 3 rings (SSSR count). The van der Waals surface area contributed by atoms with Gasteiger partial charge in [-0.2, -0.15) is 0 Å². The van der Waals surface area contributed by atoms with Crippen molar-refractivity contribution in [2.75, 3.05) is 0 Å². The normalized spacial score (nSPS) is 38.5. The van der Waals surface area contributed by atoms with E-state index >= 15 is 0 Å². The zero-order chi connectivity index (χ0) is 20.6. The quantitative estimate of drug-likeness (QED) is 0.303. The molecule has 168 valence electrons. The van der Waals surface area contributed by atoms with Crippen molar-refractivity contribution in [2.45, 2.75) is 130 Å². The van der Waals surface area contributed by atoms with Crippen LogP contribution in [-0.4, -0.2) is 12.1 Å². The topological polar surface area (TPSA) is 26.3 Å². The highest BCUT2D eigenvalue weighted by molar-refractivity contribution is 5.72. The summed E-state index contributed by atoms with van der Waals surface area (Å²) in [6.45, 7) is 7.13. The number of carbonyl (C=O) groups is 1.